The summed E-state index contributed by atoms with van der Waals surface area (Å²) in [4.78, 5) is 12.6. The summed E-state index contributed by atoms with van der Waals surface area (Å²) in [5.74, 6) is -0.00948. The Morgan fingerprint density at radius 3 is 2.32 bits per heavy atom. The summed E-state index contributed by atoms with van der Waals surface area (Å²) in [6.45, 7) is 1.91. The third-order valence-corrected chi connectivity index (χ3v) is 6.52. The molecule has 0 bridgehead atoms. The number of benzene rings is 3. The van der Waals surface area contributed by atoms with Crippen molar-refractivity contribution in [1.29, 1.82) is 0 Å². The molecule has 3 aromatic carbocycles. The van der Waals surface area contributed by atoms with Crippen molar-refractivity contribution in [3.8, 4) is 0 Å². The minimum Gasteiger partial charge on any atom is -0.294 e. The first kappa shape index (κ1) is 18.6. The zero-order chi connectivity index (χ0) is 19.7. The van der Waals surface area contributed by atoms with Gasteiger partial charge in [0, 0.05) is 12.0 Å². The Bertz CT molecular complexity index is 1180. The topological polar surface area (TPSA) is 63.2 Å². The lowest BCUT2D eigenvalue weighted by molar-refractivity contribution is -0.115. The van der Waals surface area contributed by atoms with E-state index in [-0.39, 0.29) is 10.7 Å². The maximum Gasteiger partial charge on any atom is 0.241 e. The normalized spacial score (nSPS) is 15.6. The largest absolute Gasteiger partial charge is 0.294 e. The van der Waals surface area contributed by atoms with Gasteiger partial charge in [0.15, 0.2) is 5.78 Å². The highest BCUT2D eigenvalue weighted by atomic mass is 32.2. The van der Waals surface area contributed by atoms with Gasteiger partial charge in [-0.2, -0.15) is 4.72 Å². The first-order valence-corrected chi connectivity index (χ1v) is 10.7. The number of hydrogen-bond donors (Lipinski definition) is 1. The molecule has 4 rings (SSSR count). The van der Waals surface area contributed by atoms with Crippen molar-refractivity contribution in [3.05, 3.63) is 89.5 Å². The van der Waals surface area contributed by atoms with Gasteiger partial charge in [0.05, 0.1) is 10.9 Å². The van der Waals surface area contributed by atoms with Gasteiger partial charge >= 0.3 is 0 Å². The Kier molecular flexibility index (Phi) is 4.87. The highest BCUT2D eigenvalue weighted by molar-refractivity contribution is 7.89. The number of allylic oxidation sites excluding steroid dienone is 1. The van der Waals surface area contributed by atoms with Crippen LogP contribution in [-0.4, -0.2) is 14.2 Å². The molecular formula is C23H21NO3S. The molecule has 0 saturated heterocycles. The fourth-order valence-corrected chi connectivity index (χ4v) is 4.74. The molecule has 0 amide bonds. The van der Waals surface area contributed by atoms with Gasteiger partial charge in [-0.05, 0) is 47.9 Å². The molecular weight excluding hydrogens is 370 g/mol. The van der Waals surface area contributed by atoms with Crippen LogP contribution < -0.4 is 4.72 Å². The summed E-state index contributed by atoms with van der Waals surface area (Å²) in [6.07, 6.45) is 2.91. The second-order valence-electron chi connectivity index (χ2n) is 7.10. The van der Waals surface area contributed by atoms with Crippen molar-refractivity contribution in [2.45, 2.75) is 30.7 Å². The minimum atomic E-state index is -3.78. The van der Waals surface area contributed by atoms with E-state index in [2.05, 4.69) is 4.72 Å². The fraction of sp³-hybridized carbons (Fsp3) is 0.174. The van der Waals surface area contributed by atoms with Gasteiger partial charge in [-0.15, -0.1) is 0 Å². The number of Topliss-reactive ketones (excluding diaryl/α,β-unsaturated/α-hetero) is 1. The molecule has 0 fully saturated rings. The summed E-state index contributed by atoms with van der Waals surface area (Å²) in [7, 11) is -3.78. The fourth-order valence-electron chi connectivity index (χ4n) is 3.53. The van der Waals surface area contributed by atoms with E-state index < -0.39 is 16.1 Å². The number of nitrogens with one attached hydrogen (secondary N) is 1. The van der Waals surface area contributed by atoms with Gasteiger partial charge in [-0.3, -0.25) is 4.79 Å². The van der Waals surface area contributed by atoms with Crippen LogP contribution in [0.3, 0.4) is 0 Å². The molecule has 1 atom stereocenters. The van der Waals surface area contributed by atoms with E-state index in [0.29, 0.717) is 18.4 Å². The van der Waals surface area contributed by atoms with Crippen molar-refractivity contribution in [1.82, 2.24) is 4.72 Å². The maximum absolute atomic E-state index is 13.0. The summed E-state index contributed by atoms with van der Waals surface area (Å²) >= 11 is 0. The van der Waals surface area contributed by atoms with Gasteiger partial charge in [0.25, 0.3) is 0 Å². The number of ketones is 1. The molecule has 1 aliphatic carbocycles. The van der Waals surface area contributed by atoms with Crippen molar-refractivity contribution >= 4 is 26.6 Å². The van der Waals surface area contributed by atoms with Gasteiger partial charge in [0.2, 0.25) is 10.0 Å². The van der Waals surface area contributed by atoms with Crippen LogP contribution in [-0.2, 0) is 14.8 Å². The second kappa shape index (κ2) is 7.34. The predicted octanol–water partition coefficient (Wildman–Crippen LogP) is 4.46. The molecule has 1 unspecified atom stereocenters. The molecule has 0 radical (unpaired) electrons. The van der Waals surface area contributed by atoms with E-state index in [4.69, 9.17) is 0 Å². The smallest absolute Gasteiger partial charge is 0.241 e. The zero-order valence-corrected chi connectivity index (χ0v) is 16.4. The monoisotopic (exact) mass is 391 g/mol. The molecule has 5 heteroatoms. The molecule has 0 heterocycles. The SMILES string of the molecule is Cc1ccc(S(=O)(=O)NC(C2=CCCC2=O)c2ccc3ccccc3c2)cc1. The third kappa shape index (κ3) is 3.63. The van der Waals surface area contributed by atoms with E-state index in [1.165, 1.54) is 0 Å². The van der Waals surface area contributed by atoms with Gasteiger partial charge in [0.1, 0.15) is 0 Å². The van der Waals surface area contributed by atoms with Crippen molar-refractivity contribution in [3.63, 3.8) is 0 Å². The highest BCUT2D eigenvalue weighted by Gasteiger charge is 2.30. The molecule has 0 aromatic heterocycles. The van der Waals surface area contributed by atoms with E-state index in [9.17, 15) is 13.2 Å². The summed E-state index contributed by atoms with van der Waals surface area (Å²) in [5.41, 5.74) is 2.26. The molecule has 4 nitrogen and oxygen atoms in total. The van der Waals surface area contributed by atoms with Crippen LogP contribution >= 0.6 is 0 Å². The van der Waals surface area contributed by atoms with Crippen LogP contribution in [0.4, 0.5) is 0 Å². The number of carbonyl (C=O) groups excluding carboxylic acids is 1. The second-order valence-corrected chi connectivity index (χ2v) is 8.81. The molecule has 1 aliphatic rings. The van der Waals surface area contributed by atoms with Crippen LogP contribution in [0.5, 0.6) is 0 Å². The Morgan fingerprint density at radius 2 is 1.64 bits per heavy atom. The van der Waals surface area contributed by atoms with Gasteiger partial charge in [-0.25, -0.2) is 8.42 Å². The number of aryl methyl sites for hydroxylation is 1. The molecule has 0 spiro atoms. The number of fused-ring (bicyclic) bond motifs is 1. The van der Waals surface area contributed by atoms with E-state index in [0.717, 1.165) is 21.9 Å². The van der Waals surface area contributed by atoms with Gasteiger partial charge in [-0.1, -0.05) is 60.2 Å². The van der Waals surface area contributed by atoms with Crippen molar-refractivity contribution < 1.29 is 13.2 Å². The van der Waals surface area contributed by atoms with Crippen molar-refractivity contribution in [2.24, 2.45) is 0 Å². The standard InChI is InChI=1S/C23H21NO3S/c1-16-9-13-20(14-10-16)28(26,27)24-23(21-7-4-8-22(21)25)19-12-11-17-5-2-3-6-18(17)15-19/h2-3,5-7,9-15,23-24H,4,8H2,1H3. The predicted molar refractivity (Wildman–Crippen MR) is 111 cm³/mol. The van der Waals surface area contributed by atoms with Crippen LogP contribution in [0, 0.1) is 6.92 Å². The Morgan fingerprint density at radius 1 is 0.929 bits per heavy atom. The van der Waals surface area contributed by atoms with E-state index in [1.807, 2.05) is 55.5 Å². The Hall–Kier alpha value is -2.76. The Balaban J connectivity index is 1.77. The molecule has 0 saturated carbocycles. The first-order valence-electron chi connectivity index (χ1n) is 9.25. The average Bonchev–Trinajstić information content (AvgIpc) is 3.12. The number of rotatable bonds is 5. The van der Waals surface area contributed by atoms with Crippen LogP contribution in [0.25, 0.3) is 10.8 Å². The highest BCUT2D eigenvalue weighted by Crippen LogP contribution is 2.31. The van der Waals surface area contributed by atoms with E-state index in [1.54, 1.807) is 24.3 Å². The zero-order valence-electron chi connectivity index (χ0n) is 15.6. The van der Waals surface area contributed by atoms with Crippen LogP contribution in [0.2, 0.25) is 0 Å². The lowest BCUT2D eigenvalue weighted by atomic mass is 9.96. The average molecular weight is 391 g/mol. The number of carbonyl (C=O) groups is 1. The summed E-state index contributed by atoms with van der Waals surface area (Å²) in [6, 6.07) is 19.7. The number of sulfonamides is 1. The quantitative estimate of drug-likeness (QED) is 0.699. The van der Waals surface area contributed by atoms with Crippen molar-refractivity contribution in [2.75, 3.05) is 0 Å². The molecule has 28 heavy (non-hydrogen) atoms. The molecule has 3 aromatic rings. The third-order valence-electron chi connectivity index (χ3n) is 5.08. The summed E-state index contributed by atoms with van der Waals surface area (Å²) in [5, 5.41) is 2.07. The van der Waals surface area contributed by atoms with Crippen LogP contribution in [0.1, 0.15) is 30.0 Å². The van der Waals surface area contributed by atoms with Crippen LogP contribution in [0.15, 0.2) is 83.3 Å². The maximum atomic E-state index is 13.0. The number of hydrogen-bond acceptors (Lipinski definition) is 3. The molecule has 1 N–H and O–H groups in total. The van der Waals surface area contributed by atoms with E-state index >= 15 is 0 Å². The lowest BCUT2D eigenvalue weighted by Crippen LogP contribution is -2.31. The minimum absolute atomic E-state index is 0.00948. The molecule has 0 aliphatic heterocycles. The lowest BCUT2D eigenvalue weighted by Gasteiger charge is -2.21. The van der Waals surface area contributed by atoms with Gasteiger partial charge < -0.3 is 0 Å². The summed E-state index contributed by atoms with van der Waals surface area (Å²) < 4.78 is 28.8. The first-order chi connectivity index (χ1) is 13.4. The molecule has 142 valence electrons. The Labute approximate surface area is 165 Å².